The molecule has 0 rings (SSSR count). The molecule has 4 nitrogen and oxygen atoms in total. The first kappa shape index (κ1) is 16.3. The van der Waals surface area contributed by atoms with Gasteiger partial charge in [-0.1, -0.05) is 0 Å². The lowest BCUT2D eigenvalue weighted by atomic mass is 10.3. The van der Waals surface area contributed by atoms with E-state index in [0.717, 1.165) is 0 Å². The fourth-order valence-electron chi connectivity index (χ4n) is 0.768. The first-order chi connectivity index (χ1) is 7.54. The van der Waals surface area contributed by atoms with Gasteiger partial charge in [0.05, 0.1) is 16.8 Å². The third-order valence-corrected chi connectivity index (χ3v) is 3.28. The molecule has 0 aliphatic carbocycles. The number of carbonyl (C=O) groups excluding carboxylic acids is 2. The average molecular weight is 302 g/mol. The molecule has 8 heteroatoms. The number of hydrogen-bond donors (Lipinski definition) is 4. The molecule has 0 spiro atoms. The van der Waals surface area contributed by atoms with Gasteiger partial charge in [-0.3, -0.25) is 9.59 Å². The van der Waals surface area contributed by atoms with E-state index < -0.39 is 18.0 Å². The molecule has 0 aliphatic rings. The van der Waals surface area contributed by atoms with Gasteiger partial charge in [0.25, 0.3) is 0 Å². The quantitative estimate of drug-likeness (QED) is 0.409. The lowest BCUT2D eigenvalue weighted by Gasteiger charge is -2.21. The van der Waals surface area contributed by atoms with Gasteiger partial charge < -0.3 is 9.47 Å². The van der Waals surface area contributed by atoms with Gasteiger partial charge in [0, 0.05) is 5.75 Å². The molecule has 0 aromatic carbocycles. The van der Waals surface area contributed by atoms with Crippen molar-refractivity contribution in [3.63, 3.8) is 0 Å². The molecule has 0 fully saturated rings. The Morgan fingerprint density at radius 2 is 1.62 bits per heavy atom. The van der Waals surface area contributed by atoms with E-state index in [9.17, 15) is 9.59 Å². The Labute approximate surface area is 116 Å². The Kier molecular flexibility index (Phi) is 9.58. The maximum atomic E-state index is 11.0. The topological polar surface area (TPSA) is 52.6 Å². The summed E-state index contributed by atoms with van der Waals surface area (Å²) in [6.07, 6.45) is -0.621. The molecule has 0 saturated carbocycles. The van der Waals surface area contributed by atoms with Crippen molar-refractivity contribution in [1.82, 2.24) is 0 Å². The summed E-state index contributed by atoms with van der Waals surface area (Å²) < 4.78 is 9.83. The summed E-state index contributed by atoms with van der Waals surface area (Å²) in [6.45, 7) is -0.0480. The van der Waals surface area contributed by atoms with Crippen LogP contribution in [-0.4, -0.2) is 47.2 Å². The molecular formula is C8H14O4S4. The summed E-state index contributed by atoms with van der Waals surface area (Å²) in [7, 11) is 0. The number of hydrogen-bond acceptors (Lipinski definition) is 8. The zero-order valence-electron chi connectivity index (χ0n) is 8.40. The summed E-state index contributed by atoms with van der Waals surface area (Å²) in [5, 5.41) is -0.306. The lowest BCUT2D eigenvalue weighted by Crippen LogP contribution is -2.34. The second-order valence-corrected chi connectivity index (χ2v) is 4.44. The summed E-state index contributed by atoms with van der Waals surface area (Å²) in [4.78, 5) is 21.9. The molecule has 0 heterocycles. The fourth-order valence-corrected chi connectivity index (χ4v) is 1.32. The minimum atomic E-state index is -0.621. The van der Waals surface area contributed by atoms with Crippen molar-refractivity contribution in [3.8, 4) is 0 Å². The molecule has 94 valence electrons. The molecular weight excluding hydrogens is 288 g/mol. The molecule has 0 aliphatic heterocycles. The molecule has 16 heavy (non-hydrogen) atoms. The van der Waals surface area contributed by atoms with Crippen molar-refractivity contribution in [3.05, 3.63) is 0 Å². The Bertz CT molecular complexity index is 236. The summed E-state index contributed by atoms with van der Waals surface area (Å²) >= 11 is 15.7. The number of esters is 2. The molecule has 2 atom stereocenters. The van der Waals surface area contributed by atoms with Crippen LogP contribution in [0.1, 0.15) is 0 Å². The third-order valence-electron chi connectivity index (χ3n) is 1.57. The summed E-state index contributed by atoms with van der Waals surface area (Å²) in [5.41, 5.74) is 0. The highest BCUT2D eigenvalue weighted by molar-refractivity contribution is 7.84. The van der Waals surface area contributed by atoms with E-state index in [4.69, 9.17) is 9.47 Å². The maximum absolute atomic E-state index is 11.0. The monoisotopic (exact) mass is 302 g/mol. The van der Waals surface area contributed by atoms with E-state index >= 15 is 0 Å². The summed E-state index contributed by atoms with van der Waals surface area (Å²) in [5.74, 6) is -0.632. The number of ether oxygens (including phenoxy) is 2. The second kappa shape index (κ2) is 9.38. The number of thiol groups is 4. The van der Waals surface area contributed by atoms with Gasteiger partial charge in [-0.2, -0.15) is 50.5 Å². The van der Waals surface area contributed by atoms with Gasteiger partial charge in [-0.25, -0.2) is 0 Å². The van der Waals surface area contributed by atoms with Crippen molar-refractivity contribution in [2.45, 2.75) is 11.4 Å². The molecule has 0 radical (unpaired) electrons. The van der Waals surface area contributed by atoms with E-state index in [-0.39, 0.29) is 23.4 Å². The van der Waals surface area contributed by atoms with Crippen LogP contribution >= 0.6 is 50.5 Å². The van der Waals surface area contributed by atoms with Crippen molar-refractivity contribution in [1.29, 1.82) is 0 Å². The van der Waals surface area contributed by atoms with E-state index in [1.165, 1.54) is 0 Å². The SMILES string of the molecule is O=C(CS)OC[C@@H](OC(=O)CS)[C@@H](S)CS. The third kappa shape index (κ3) is 6.82. The minimum absolute atomic E-state index is 0.0225. The predicted molar refractivity (Wildman–Crippen MR) is 75.2 cm³/mol. The maximum Gasteiger partial charge on any atom is 0.316 e. The van der Waals surface area contributed by atoms with Crippen LogP contribution in [0.25, 0.3) is 0 Å². The van der Waals surface area contributed by atoms with Crippen LogP contribution in [0.3, 0.4) is 0 Å². The summed E-state index contributed by atoms with van der Waals surface area (Å²) in [6, 6.07) is 0. The molecule has 0 bridgehead atoms. The van der Waals surface area contributed by atoms with Crippen LogP contribution in [0.5, 0.6) is 0 Å². The van der Waals surface area contributed by atoms with Crippen molar-refractivity contribution < 1.29 is 19.1 Å². The Balaban J connectivity index is 4.20. The van der Waals surface area contributed by atoms with Gasteiger partial charge in [0.2, 0.25) is 0 Å². The predicted octanol–water partition coefficient (Wildman–Crippen LogP) is 0.529. The minimum Gasteiger partial charge on any atom is -0.461 e. The van der Waals surface area contributed by atoms with Crippen molar-refractivity contribution >= 4 is 62.5 Å². The van der Waals surface area contributed by atoms with Crippen molar-refractivity contribution in [2.75, 3.05) is 23.9 Å². The average Bonchev–Trinajstić information content (AvgIpc) is 2.32. The van der Waals surface area contributed by atoms with Gasteiger partial charge in [-0.15, -0.1) is 0 Å². The van der Waals surface area contributed by atoms with Crippen LogP contribution in [0.2, 0.25) is 0 Å². The van der Waals surface area contributed by atoms with Gasteiger partial charge >= 0.3 is 11.9 Å². The highest BCUT2D eigenvalue weighted by Gasteiger charge is 2.22. The number of carbonyl (C=O) groups is 2. The molecule has 0 N–H and O–H groups in total. The van der Waals surface area contributed by atoms with Crippen LogP contribution in [0.4, 0.5) is 0 Å². The van der Waals surface area contributed by atoms with Crippen LogP contribution in [0.15, 0.2) is 0 Å². The zero-order chi connectivity index (χ0) is 12.6. The highest BCUT2D eigenvalue weighted by atomic mass is 32.1. The highest BCUT2D eigenvalue weighted by Crippen LogP contribution is 2.10. The Morgan fingerprint density at radius 1 is 1.06 bits per heavy atom. The van der Waals surface area contributed by atoms with Gasteiger partial charge in [0.1, 0.15) is 12.7 Å². The van der Waals surface area contributed by atoms with E-state index in [1.54, 1.807) is 0 Å². The first-order valence-corrected chi connectivity index (χ1v) is 6.82. The van der Waals surface area contributed by atoms with Crippen LogP contribution in [-0.2, 0) is 19.1 Å². The van der Waals surface area contributed by atoms with E-state index in [0.29, 0.717) is 5.75 Å². The number of rotatable bonds is 7. The lowest BCUT2D eigenvalue weighted by molar-refractivity contribution is -0.155. The fraction of sp³-hybridized carbons (Fsp3) is 0.750. The zero-order valence-corrected chi connectivity index (χ0v) is 12.0. The van der Waals surface area contributed by atoms with Crippen LogP contribution < -0.4 is 0 Å². The van der Waals surface area contributed by atoms with Crippen LogP contribution in [0, 0.1) is 0 Å². The largest absolute Gasteiger partial charge is 0.461 e. The molecule has 0 aromatic rings. The standard InChI is InChI=1S/C8H14O4S4/c9-7(3-14)11-1-5(6(16)2-13)12-8(10)4-15/h5-6,13-16H,1-4H2/t5-,6+/m1/s1. The molecule has 0 unspecified atom stereocenters. The molecule has 0 aromatic heterocycles. The van der Waals surface area contributed by atoms with Gasteiger partial charge in [-0.05, 0) is 0 Å². The smallest absolute Gasteiger partial charge is 0.316 e. The first-order valence-electron chi connectivity index (χ1n) is 4.40. The van der Waals surface area contributed by atoms with E-state index in [2.05, 4.69) is 50.5 Å². The van der Waals surface area contributed by atoms with E-state index in [1.807, 2.05) is 0 Å². The molecule has 0 amide bonds. The molecule has 0 saturated heterocycles. The van der Waals surface area contributed by atoms with Crippen molar-refractivity contribution in [2.24, 2.45) is 0 Å². The normalized spacial score (nSPS) is 14.0. The van der Waals surface area contributed by atoms with Gasteiger partial charge in [0.15, 0.2) is 0 Å². The Morgan fingerprint density at radius 3 is 2.06 bits per heavy atom. The Hall–Kier alpha value is 0.340. The second-order valence-electron chi connectivity index (χ2n) is 2.78.